The Kier molecular flexibility index (Phi) is 3.38. The zero-order chi connectivity index (χ0) is 13.1. The van der Waals surface area contributed by atoms with Crippen molar-refractivity contribution in [1.29, 1.82) is 5.26 Å². The highest BCUT2D eigenvalue weighted by Gasteiger charge is 2.19. The molecule has 0 saturated carbocycles. The molecule has 5 nitrogen and oxygen atoms in total. The zero-order valence-electron chi connectivity index (χ0n) is 10.4. The molecule has 1 fully saturated rings. The van der Waals surface area contributed by atoms with Crippen molar-refractivity contribution >= 4 is 17.3 Å². The first-order valence-electron chi connectivity index (χ1n) is 5.90. The smallest absolute Gasteiger partial charge is 0.241 e. The summed E-state index contributed by atoms with van der Waals surface area (Å²) in [6.45, 7) is 1.96. The fourth-order valence-electron chi connectivity index (χ4n) is 2.06. The van der Waals surface area contributed by atoms with Gasteiger partial charge in [-0.05, 0) is 24.6 Å². The molecule has 0 radical (unpaired) electrons. The van der Waals surface area contributed by atoms with Crippen molar-refractivity contribution in [3.05, 3.63) is 23.8 Å². The minimum Gasteiger partial charge on any atom is -0.398 e. The van der Waals surface area contributed by atoms with Crippen LogP contribution in [0.15, 0.2) is 18.2 Å². The summed E-state index contributed by atoms with van der Waals surface area (Å²) in [4.78, 5) is 15.6. The topological polar surface area (TPSA) is 73.4 Å². The van der Waals surface area contributed by atoms with Gasteiger partial charge in [0.1, 0.15) is 6.07 Å². The van der Waals surface area contributed by atoms with Gasteiger partial charge < -0.3 is 15.5 Å². The molecule has 0 spiro atoms. The molecule has 0 unspecified atom stereocenters. The van der Waals surface area contributed by atoms with Crippen molar-refractivity contribution in [2.45, 2.75) is 6.42 Å². The lowest BCUT2D eigenvalue weighted by Crippen LogP contribution is -2.34. The van der Waals surface area contributed by atoms with Gasteiger partial charge in [-0.3, -0.25) is 4.79 Å². The molecule has 1 aliphatic rings. The molecule has 0 bridgehead atoms. The fourth-order valence-corrected chi connectivity index (χ4v) is 2.06. The largest absolute Gasteiger partial charge is 0.398 e. The molecule has 1 saturated heterocycles. The summed E-state index contributed by atoms with van der Waals surface area (Å²) in [7, 11) is 1.82. The predicted molar refractivity (Wildman–Crippen MR) is 70.0 cm³/mol. The molecular formula is C13H16N4O. The maximum absolute atomic E-state index is 11.8. The molecule has 0 atom stereocenters. The molecule has 1 aromatic carbocycles. The Labute approximate surface area is 106 Å². The second-order valence-electron chi connectivity index (χ2n) is 4.47. The van der Waals surface area contributed by atoms with Gasteiger partial charge in [-0.25, -0.2) is 0 Å². The zero-order valence-corrected chi connectivity index (χ0v) is 10.4. The highest BCUT2D eigenvalue weighted by Crippen LogP contribution is 2.22. The number of hydrogen-bond acceptors (Lipinski definition) is 4. The van der Waals surface area contributed by atoms with E-state index >= 15 is 0 Å². The molecule has 0 aliphatic carbocycles. The van der Waals surface area contributed by atoms with Crippen molar-refractivity contribution in [3.63, 3.8) is 0 Å². The Balaban J connectivity index is 2.23. The van der Waals surface area contributed by atoms with Crippen molar-refractivity contribution in [1.82, 2.24) is 4.90 Å². The van der Waals surface area contributed by atoms with Crippen LogP contribution in [0.1, 0.15) is 12.0 Å². The number of amides is 1. The van der Waals surface area contributed by atoms with E-state index in [1.54, 1.807) is 17.0 Å². The normalized spacial score (nSPS) is 16.3. The number of carbonyl (C=O) groups is 1. The van der Waals surface area contributed by atoms with Gasteiger partial charge in [0.05, 0.1) is 17.8 Å². The molecule has 94 valence electrons. The number of anilines is 2. The summed E-state index contributed by atoms with van der Waals surface area (Å²) in [5.74, 6) is 0.107. The van der Waals surface area contributed by atoms with Crippen LogP contribution in [0.25, 0.3) is 0 Å². The number of nitrogens with zero attached hydrogens (tertiary/aromatic N) is 3. The van der Waals surface area contributed by atoms with Crippen LogP contribution in [0.2, 0.25) is 0 Å². The van der Waals surface area contributed by atoms with Gasteiger partial charge >= 0.3 is 0 Å². The Morgan fingerprint density at radius 1 is 1.39 bits per heavy atom. The van der Waals surface area contributed by atoms with E-state index in [1.807, 2.05) is 24.1 Å². The third-order valence-corrected chi connectivity index (χ3v) is 3.19. The molecule has 2 rings (SSSR count). The Hall–Kier alpha value is -2.22. The summed E-state index contributed by atoms with van der Waals surface area (Å²) in [6, 6.07) is 7.33. The number of likely N-dealkylation sites (N-methyl/N-ethyl adjacent to an activating group) is 1. The van der Waals surface area contributed by atoms with Crippen LogP contribution in [0.5, 0.6) is 0 Å². The Bertz CT molecular complexity index is 506. The Morgan fingerprint density at radius 2 is 2.17 bits per heavy atom. The first-order chi connectivity index (χ1) is 8.61. The molecule has 1 aromatic rings. The SMILES string of the molecule is CN1CCCN(c2ccc(C#N)c(N)c2)CC1=O. The van der Waals surface area contributed by atoms with Crippen molar-refractivity contribution in [2.24, 2.45) is 0 Å². The number of rotatable bonds is 1. The fraction of sp³-hybridized carbons (Fsp3) is 0.385. The van der Waals surface area contributed by atoms with Crippen molar-refractivity contribution < 1.29 is 4.79 Å². The Morgan fingerprint density at radius 3 is 2.83 bits per heavy atom. The van der Waals surface area contributed by atoms with E-state index in [2.05, 4.69) is 0 Å². The number of nitrogen functional groups attached to an aromatic ring is 1. The molecule has 1 amide bonds. The average molecular weight is 244 g/mol. The molecule has 1 aliphatic heterocycles. The minimum absolute atomic E-state index is 0.107. The van der Waals surface area contributed by atoms with Crippen LogP contribution < -0.4 is 10.6 Å². The molecule has 1 heterocycles. The summed E-state index contributed by atoms with van der Waals surface area (Å²) >= 11 is 0. The van der Waals surface area contributed by atoms with Gasteiger partial charge in [0.15, 0.2) is 0 Å². The van der Waals surface area contributed by atoms with E-state index in [0.717, 1.165) is 25.2 Å². The van der Waals surface area contributed by atoms with Gasteiger partial charge in [-0.2, -0.15) is 5.26 Å². The third kappa shape index (κ3) is 2.38. The molecule has 5 heteroatoms. The summed E-state index contributed by atoms with van der Waals surface area (Å²) < 4.78 is 0. The number of nitrogens with two attached hydrogens (primary N) is 1. The van der Waals surface area contributed by atoms with Gasteiger partial charge in [-0.15, -0.1) is 0 Å². The monoisotopic (exact) mass is 244 g/mol. The van der Waals surface area contributed by atoms with Gasteiger partial charge in [0.25, 0.3) is 0 Å². The van der Waals surface area contributed by atoms with E-state index in [4.69, 9.17) is 11.0 Å². The lowest BCUT2D eigenvalue weighted by atomic mass is 10.1. The van der Waals surface area contributed by atoms with Gasteiger partial charge in [-0.1, -0.05) is 0 Å². The third-order valence-electron chi connectivity index (χ3n) is 3.19. The predicted octanol–water partition coefficient (Wildman–Crippen LogP) is 0.809. The molecular weight excluding hydrogens is 228 g/mol. The van der Waals surface area contributed by atoms with Crippen molar-refractivity contribution in [3.8, 4) is 6.07 Å². The number of hydrogen-bond donors (Lipinski definition) is 1. The number of carbonyl (C=O) groups excluding carboxylic acids is 1. The summed E-state index contributed by atoms with van der Waals surface area (Å²) in [5.41, 5.74) is 7.62. The number of nitriles is 1. The molecule has 2 N–H and O–H groups in total. The van der Waals surface area contributed by atoms with Crippen molar-refractivity contribution in [2.75, 3.05) is 37.3 Å². The van der Waals surface area contributed by atoms with E-state index in [-0.39, 0.29) is 5.91 Å². The lowest BCUT2D eigenvalue weighted by Gasteiger charge is -2.22. The molecule has 18 heavy (non-hydrogen) atoms. The van der Waals surface area contributed by atoms with Crippen LogP contribution in [0.4, 0.5) is 11.4 Å². The second kappa shape index (κ2) is 4.96. The van der Waals surface area contributed by atoms with Crippen LogP contribution >= 0.6 is 0 Å². The molecule has 0 aromatic heterocycles. The summed E-state index contributed by atoms with van der Waals surface area (Å²) in [6.07, 6.45) is 0.933. The van der Waals surface area contributed by atoms with E-state index in [0.29, 0.717) is 17.8 Å². The number of benzene rings is 1. The van der Waals surface area contributed by atoms with E-state index in [9.17, 15) is 4.79 Å². The van der Waals surface area contributed by atoms with E-state index < -0.39 is 0 Å². The lowest BCUT2D eigenvalue weighted by molar-refractivity contribution is -0.127. The van der Waals surface area contributed by atoms with Crippen LogP contribution in [-0.4, -0.2) is 37.5 Å². The quantitative estimate of drug-likeness (QED) is 0.742. The first kappa shape index (κ1) is 12.2. The van der Waals surface area contributed by atoms with Gasteiger partial charge in [0, 0.05) is 25.8 Å². The highest BCUT2D eigenvalue weighted by atomic mass is 16.2. The van der Waals surface area contributed by atoms with Gasteiger partial charge in [0.2, 0.25) is 5.91 Å². The first-order valence-corrected chi connectivity index (χ1v) is 5.90. The van der Waals surface area contributed by atoms with Crippen LogP contribution in [-0.2, 0) is 4.79 Å². The maximum Gasteiger partial charge on any atom is 0.241 e. The maximum atomic E-state index is 11.8. The van der Waals surface area contributed by atoms with Crippen LogP contribution in [0, 0.1) is 11.3 Å². The summed E-state index contributed by atoms with van der Waals surface area (Å²) in [5, 5.41) is 8.84. The van der Waals surface area contributed by atoms with E-state index in [1.165, 1.54) is 0 Å². The second-order valence-corrected chi connectivity index (χ2v) is 4.47. The van der Waals surface area contributed by atoms with Crippen LogP contribution in [0.3, 0.4) is 0 Å². The average Bonchev–Trinajstić information content (AvgIpc) is 2.52. The minimum atomic E-state index is 0.107. The highest BCUT2D eigenvalue weighted by molar-refractivity contribution is 5.82. The standard InChI is InChI=1S/C13H16N4O/c1-16-5-2-6-17(9-13(16)18)11-4-3-10(8-14)12(15)7-11/h3-4,7H,2,5-6,9,15H2,1H3.